The lowest BCUT2D eigenvalue weighted by atomic mass is 9.87. The molecule has 0 amide bonds. The smallest absolute Gasteiger partial charge is 0.107 e. The van der Waals surface area contributed by atoms with Crippen LogP contribution in [0.3, 0.4) is 0 Å². The molecule has 2 unspecified atom stereocenters. The van der Waals surface area contributed by atoms with E-state index in [-0.39, 0.29) is 0 Å². The van der Waals surface area contributed by atoms with Crippen LogP contribution in [0.1, 0.15) is 25.7 Å². The average Bonchev–Trinajstić information content (AvgIpc) is 2.71. The minimum absolute atomic E-state index is 0.409. The van der Waals surface area contributed by atoms with Gasteiger partial charge in [-0.3, -0.25) is 0 Å². The molecule has 0 aromatic rings. The number of hydrogen-bond donors (Lipinski definition) is 1. The van der Waals surface area contributed by atoms with Crippen molar-refractivity contribution < 1.29 is 0 Å². The van der Waals surface area contributed by atoms with Crippen molar-refractivity contribution in [2.45, 2.75) is 31.2 Å². The normalized spacial score (nSPS) is 35.9. The predicted molar refractivity (Wildman–Crippen MR) is 68.4 cm³/mol. The Morgan fingerprint density at radius 3 is 2.71 bits per heavy atom. The minimum atomic E-state index is -0.535. The Morgan fingerprint density at radius 1 is 1.35 bits per heavy atom. The Labute approximate surface area is 104 Å². The van der Waals surface area contributed by atoms with Crippen molar-refractivity contribution in [3.8, 4) is 6.07 Å². The number of likely N-dealkylation sites (N-methyl/N-ethyl adjacent to an activating group) is 1. The zero-order valence-electron chi connectivity index (χ0n) is 10.9. The molecule has 1 saturated carbocycles. The number of piperazine rings is 1. The van der Waals surface area contributed by atoms with Gasteiger partial charge in [-0.25, -0.2) is 0 Å². The summed E-state index contributed by atoms with van der Waals surface area (Å²) < 4.78 is 0. The molecule has 1 aliphatic heterocycles. The summed E-state index contributed by atoms with van der Waals surface area (Å²) in [5, 5.41) is 9.17. The van der Waals surface area contributed by atoms with Gasteiger partial charge in [0.2, 0.25) is 0 Å². The van der Waals surface area contributed by atoms with Crippen LogP contribution >= 0.6 is 0 Å². The van der Waals surface area contributed by atoms with Crippen LogP contribution in [0.15, 0.2) is 0 Å². The first-order valence-corrected chi connectivity index (χ1v) is 6.75. The van der Waals surface area contributed by atoms with Gasteiger partial charge in [0.25, 0.3) is 0 Å². The highest BCUT2D eigenvalue weighted by Gasteiger charge is 2.39. The van der Waals surface area contributed by atoms with E-state index >= 15 is 0 Å². The van der Waals surface area contributed by atoms with Gasteiger partial charge in [0.05, 0.1) is 6.07 Å². The summed E-state index contributed by atoms with van der Waals surface area (Å²) in [5.41, 5.74) is 5.62. The van der Waals surface area contributed by atoms with Gasteiger partial charge in [0, 0.05) is 26.2 Å². The average molecular weight is 236 g/mol. The first-order valence-electron chi connectivity index (χ1n) is 6.75. The van der Waals surface area contributed by atoms with E-state index in [2.05, 4.69) is 22.9 Å². The molecule has 2 rings (SSSR count). The molecule has 1 saturated heterocycles. The summed E-state index contributed by atoms with van der Waals surface area (Å²) in [6, 6.07) is 2.34. The van der Waals surface area contributed by atoms with E-state index in [1.165, 1.54) is 0 Å². The second-order valence-electron chi connectivity index (χ2n) is 5.67. The minimum Gasteiger partial charge on any atom is -0.313 e. The third-order valence-electron chi connectivity index (χ3n) is 4.47. The zero-order chi connectivity index (χ0) is 12.3. The van der Waals surface area contributed by atoms with E-state index in [1.807, 2.05) is 0 Å². The van der Waals surface area contributed by atoms with E-state index in [0.717, 1.165) is 58.4 Å². The molecule has 17 heavy (non-hydrogen) atoms. The van der Waals surface area contributed by atoms with Crippen molar-refractivity contribution in [3.05, 3.63) is 0 Å². The predicted octanol–water partition coefficient (Wildman–Crippen LogP) is 0.645. The highest BCUT2D eigenvalue weighted by atomic mass is 15.2. The standard InChI is InChI=1S/C13H24N4/c1-16-7-9-17(10-8-16)6-4-12-3-2-5-13(12,15)11-14/h12H,2-10,15H2,1H3. The molecule has 0 aromatic heterocycles. The molecule has 2 aliphatic rings. The third-order valence-corrected chi connectivity index (χ3v) is 4.47. The molecule has 0 aromatic carbocycles. The highest BCUT2D eigenvalue weighted by molar-refractivity contribution is 5.11. The van der Waals surface area contributed by atoms with Crippen LogP contribution in [0.25, 0.3) is 0 Å². The maximum absolute atomic E-state index is 9.17. The highest BCUT2D eigenvalue weighted by Crippen LogP contribution is 2.35. The largest absolute Gasteiger partial charge is 0.313 e. The van der Waals surface area contributed by atoms with Gasteiger partial charge in [-0.2, -0.15) is 5.26 Å². The number of nitriles is 1. The van der Waals surface area contributed by atoms with Crippen LogP contribution < -0.4 is 5.73 Å². The molecule has 1 aliphatic carbocycles. The van der Waals surface area contributed by atoms with E-state index in [4.69, 9.17) is 5.73 Å². The Kier molecular flexibility index (Phi) is 4.03. The molecule has 0 radical (unpaired) electrons. The maximum atomic E-state index is 9.17. The molecule has 0 bridgehead atoms. The van der Waals surface area contributed by atoms with E-state index in [1.54, 1.807) is 0 Å². The van der Waals surface area contributed by atoms with Crippen molar-refractivity contribution in [2.75, 3.05) is 39.8 Å². The van der Waals surface area contributed by atoms with Gasteiger partial charge in [-0.1, -0.05) is 6.42 Å². The van der Waals surface area contributed by atoms with Crippen molar-refractivity contribution in [3.63, 3.8) is 0 Å². The third kappa shape index (κ3) is 2.98. The summed E-state index contributed by atoms with van der Waals surface area (Å²) in [7, 11) is 2.18. The number of hydrogen-bond acceptors (Lipinski definition) is 4. The lowest BCUT2D eigenvalue weighted by Gasteiger charge is -2.34. The quantitative estimate of drug-likeness (QED) is 0.781. The van der Waals surface area contributed by atoms with Gasteiger partial charge in [0.15, 0.2) is 0 Å². The molecule has 1 heterocycles. The Bertz CT molecular complexity index is 290. The van der Waals surface area contributed by atoms with Gasteiger partial charge >= 0.3 is 0 Å². The van der Waals surface area contributed by atoms with Crippen molar-refractivity contribution >= 4 is 0 Å². The fourth-order valence-corrected chi connectivity index (χ4v) is 3.06. The van der Waals surface area contributed by atoms with Crippen molar-refractivity contribution in [1.29, 1.82) is 5.26 Å². The summed E-state index contributed by atoms with van der Waals surface area (Å²) >= 11 is 0. The van der Waals surface area contributed by atoms with Crippen LogP contribution in [0.2, 0.25) is 0 Å². The monoisotopic (exact) mass is 236 g/mol. The van der Waals surface area contributed by atoms with Gasteiger partial charge in [-0.05, 0) is 38.8 Å². The van der Waals surface area contributed by atoms with E-state index in [9.17, 15) is 5.26 Å². The molecule has 96 valence electrons. The van der Waals surface area contributed by atoms with Crippen molar-refractivity contribution in [2.24, 2.45) is 11.7 Å². The summed E-state index contributed by atoms with van der Waals surface area (Å²) in [6.07, 6.45) is 4.24. The maximum Gasteiger partial charge on any atom is 0.107 e. The lowest BCUT2D eigenvalue weighted by Crippen LogP contribution is -2.47. The van der Waals surface area contributed by atoms with Crippen LogP contribution in [0.5, 0.6) is 0 Å². The molecule has 0 spiro atoms. The summed E-state index contributed by atoms with van der Waals surface area (Å²) in [6.45, 7) is 5.76. The molecule has 4 nitrogen and oxygen atoms in total. The Hall–Kier alpha value is -0.630. The number of rotatable bonds is 3. The second kappa shape index (κ2) is 5.34. The van der Waals surface area contributed by atoms with Gasteiger partial charge in [-0.15, -0.1) is 0 Å². The SMILES string of the molecule is CN1CCN(CCC2CCCC2(N)C#N)CC1. The van der Waals surface area contributed by atoms with Crippen LogP contribution in [-0.4, -0.2) is 55.1 Å². The van der Waals surface area contributed by atoms with Crippen LogP contribution in [0, 0.1) is 17.2 Å². The van der Waals surface area contributed by atoms with Crippen LogP contribution in [-0.2, 0) is 0 Å². The lowest BCUT2D eigenvalue weighted by molar-refractivity contribution is 0.143. The molecule has 2 atom stereocenters. The van der Waals surface area contributed by atoms with Gasteiger partial charge in [0.1, 0.15) is 5.54 Å². The molecule has 2 fully saturated rings. The molecule has 2 N–H and O–H groups in total. The molecular weight excluding hydrogens is 212 g/mol. The summed E-state index contributed by atoms with van der Waals surface area (Å²) in [4.78, 5) is 4.88. The van der Waals surface area contributed by atoms with Crippen molar-refractivity contribution in [1.82, 2.24) is 9.80 Å². The van der Waals surface area contributed by atoms with Gasteiger partial charge < -0.3 is 15.5 Å². The Morgan fingerprint density at radius 2 is 2.06 bits per heavy atom. The van der Waals surface area contributed by atoms with E-state index in [0.29, 0.717) is 5.92 Å². The fraction of sp³-hybridized carbons (Fsp3) is 0.923. The first kappa shape index (κ1) is 12.8. The Balaban J connectivity index is 1.77. The first-order chi connectivity index (χ1) is 8.14. The topological polar surface area (TPSA) is 56.3 Å². The number of nitrogens with two attached hydrogens (primary N) is 1. The fourth-order valence-electron chi connectivity index (χ4n) is 3.06. The molecule has 4 heteroatoms. The van der Waals surface area contributed by atoms with E-state index < -0.39 is 5.54 Å². The molecular formula is C13H24N4. The number of nitrogens with zero attached hydrogens (tertiary/aromatic N) is 3. The summed E-state index contributed by atoms with van der Waals surface area (Å²) in [5.74, 6) is 0.409. The second-order valence-corrected chi connectivity index (χ2v) is 5.67. The zero-order valence-corrected chi connectivity index (χ0v) is 10.9. The van der Waals surface area contributed by atoms with Crippen LogP contribution in [0.4, 0.5) is 0 Å².